The smallest absolute Gasteiger partial charge is 0.244 e. The minimum Gasteiger partial charge on any atom is -0.495 e. The molecular weight excluding hydrogens is 282 g/mol. The van der Waals surface area contributed by atoms with E-state index in [0.717, 1.165) is 0 Å². The summed E-state index contributed by atoms with van der Waals surface area (Å²) >= 11 is 0. The lowest BCUT2D eigenvalue weighted by Crippen LogP contribution is -2.26. The summed E-state index contributed by atoms with van der Waals surface area (Å²) in [6.45, 7) is 1.84. The van der Waals surface area contributed by atoms with Gasteiger partial charge in [-0.15, -0.1) is 0 Å². The van der Waals surface area contributed by atoms with Crippen LogP contribution in [0.1, 0.15) is 6.42 Å². The Morgan fingerprint density at radius 1 is 1.10 bits per heavy atom. The lowest BCUT2D eigenvalue weighted by atomic mass is 10.3. The highest BCUT2D eigenvalue weighted by atomic mass is 32.2. The lowest BCUT2D eigenvalue weighted by molar-refractivity contribution is 0.0699. The van der Waals surface area contributed by atoms with Crippen LogP contribution in [0.5, 0.6) is 5.75 Å². The quantitative estimate of drug-likeness (QED) is 0.653. The first kappa shape index (κ1) is 16.9. The first-order chi connectivity index (χ1) is 9.61. The van der Waals surface area contributed by atoms with Crippen molar-refractivity contribution in [2.45, 2.75) is 11.3 Å². The Kier molecular flexibility index (Phi) is 7.53. The first-order valence-corrected chi connectivity index (χ1v) is 7.79. The molecule has 0 saturated carbocycles. The monoisotopic (exact) mass is 303 g/mol. The number of nitrogens with one attached hydrogen (secondary N) is 1. The molecule has 0 amide bonds. The number of para-hydroxylation sites is 1. The highest BCUT2D eigenvalue weighted by Crippen LogP contribution is 2.22. The summed E-state index contributed by atoms with van der Waals surface area (Å²) in [5.41, 5.74) is 0. The van der Waals surface area contributed by atoms with Crippen molar-refractivity contribution in [3.63, 3.8) is 0 Å². The maximum atomic E-state index is 12.1. The van der Waals surface area contributed by atoms with E-state index in [4.69, 9.17) is 14.2 Å². The van der Waals surface area contributed by atoms with E-state index in [9.17, 15) is 8.42 Å². The number of hydrogen-bond donors (Lipinski definition) is 1. The fraction of sp³-hybridized carbons (Fsp3) is 0.538. The molecule has 0 saturated heterocycles. The molecule has 20 heavy (non-hydrogen) atoms. The second-order valence-electron chi connectivity index (χ2n) is 4.01. The number of hydrogen-bond acceptors (Lipinski definition) is 5. The van der Waals surface area contributed by atoms with E-state index in [1.54, 1.807) is 25.3 Å². The van der Waals surface area contributed by atoms with Gasteiger partial charge in [0.2, 0.25) is 10.0 Å². The van der Waals surface area contributed by atoms with Crippen LogP contribution in [0.3, 0.4) is 0 Å². The molecule has 0 fully saturated rings. The van der Waals surface area contributed by atoms with Gasteiger partial charge >= 0.3 is 0 Å². The van der Waals surface area contributed by atoms with Crippen LogP contribution in [0.2, 0.25) is 0 Å². The number of ether oxygens (including phenoxy) is 3. The standard InChI is InChI=1S/C13H21NO5S/c1-17-10-11-19-9-5-8-14-20(15,16)13-7-4-3-6-12(13)18-2/h3-4,6-7,14H,5,8-11H2,1-2H3. The van der Waals surface area contributed by atoms with Crippen molar-refractivity contribution in [1.29, 1.82) is 0 Å². The number of methoxy groups -OCH3 is 2. The van der Waals surface area contributed by atoms with Crippen LogP contribution in [0.15, 0.2) is 29.2 Å². The Hall–Kier alpha value is -1.15. The highest BCUT2D eigenvalue weighted by Gasteiger charge is 2.17. The van der Waals surface area contributed by atoms with Crippen LogP contribution in [0.4, 0.5) is 0 Å². The molecule has 1 N–H and O–H groups in total. The van der Waals surface area contributed by atoms with Gasteiger partial charge in [0.25, 0.3) is 0 Å². The second-order valence-corrected chi connectivity index (χ2v) is 5.74. The van der Waals surface area contributed by atoms with Crippen molar-refractivity contribution in [2.75, 3.05) is 40.6 Å². The molecule has 0 aliphatic carbocycles. The average Bonchev–Trinajstić information content (AvgIpc) is 2.46. The Bertz CT molecular complexity index is 489. The molecule has 6 nitrogen and oxygen atoms in total. The Balaban J connectivity index is 2.42. The molecular formula is C13H21NO5S. The molecule has 1 aromatic rings. The molecule has 0 unspecified atom stereocenters. The summed E-state index contributed by atoms with van der Waals surface area (Å²) in [4.78, 5) is 0.141. The molecule has 0 radical (unpaired) electrons. The summed E-state index contributed by atoms with van der Waals surface area (Å²) in [6, 6.07) is 6.51. The van der Waals surface area contributed by atoms with Gasteiger partial charge in [0, 0.05) is 20.3 Å². The fourth-order valence-electron chi connectivity index (χ4n) is 1.54. The zero-order valence-electron chi connectivity index (χ0n) is 11.8. The summed E-state index contributed by atoms with van der Waals surface area (Å²) in [5, 5.41) is 0. The zero-order valence-corrected chi connectivity index (χ0v) is 12.6. The Morgan fingerprint density at radius 2 is 1.85 bits per heavy atom. The molecule has 0 bridgehead atoms. The van der Waals surface area contributed by atoms with Gasteiger partial charge in [0.1, 0.15) is 10.6 Å². The van der Waals surface area contributed by atoms with Gasteiger partial charge in [-0.3, -0.25) is 0 Å². The number of rotatable bonds is 10. The topological polar surface area (TPSA) is 73.9 Å². The SMILES string of the molecule is COCCOCCCNS(=O)(=O)c1ccccc1OC. The third-order valence-corrected chi connectivity index (χ3v) is 4.05. The van der Waals surface area contributed by atoms with Gasteiger partial charge in [-0.05, 0) is 18.6 Å². The minimum absolute atomic E-state index is 0.141. The normalized spacial score (nSPS) is 11.5. The highest BCUT2D eigenvalue weighted by molar-refractivity contribution is 7.89. The van der Waals surface area contributed by atoms with Crippen LogP contribution < -0.4 is 9.46 Å². The first-order valence-electron chi connectivity index (χ1n) is 6.31. The van der Waals surface area contributed by atoms with Crippen LogP contribution >= 0.6 is 0 Å². The lowest BCUT2D eigenvalue weighted by Gasteiger charge is -2.10. The van der Waals surface area contributed by atoms with Gasteiger partial charge in [-0.1, -0.05) is 12.1 Å². The average molecular weight is 303 g/mol. The van der Waals surface area contributed by atoms with Crippen LogP contribution in [0.25, 0.3) is 0 Å². The van der Waals surface area contributed by atoms with Gasteiger partial charge < -0.3 is 14.2 Å². The molecule has 0 heterocycles. The third-order valence-electron chi connectivity index (χ3n) is 2.55. The third kappa shape index (κ3) is 5.46. The second kappa shape index (κ2) is 8.91. The van der Waals surface area contributed by atoms with Gasteiger partial charge in [-0.2, -0.15) is 0 Å². The van der Waals surface area contributed by atoms with Crippen molar-refractivity contribution >= 4 is 10.0 Å². The Labute approximate surface area is 120 Å². The van der Waals surface area contributed by atoms with E-state index in [1.807, 2.05) is 0 Å². The number of benzene rings is 1. The van der Waals surface area contributed by atoms with Gasteiger partial charge in [-0.25, -0.2) is 13.1 Å². The maximum absolute atomic E-state index is 12.1. The van der Waals surface area contributed by atoms with Crippen LogP contribution in [0, 0.1) is 0 Å². The predicted octanol–water partition coefficient (Wildman–Crippen LogP) is 1.03. The van der Waals surface area contributed by atoms with Crippen molar-refractivity contribution in [3.05, 3.63) is 24.3 Å². The van der Waals surface area contributed by atoms with Crippen LogP contribution in [-0.2, 0) is 19.5 Å². The molecule has 0 aliphatic heterocycles. The number of sulfonamides is 1. The van der Waals surface area contributed by atoms with E-state index in [1.165, 1.54) is 13.2 Å². The van der Waals surface area contributed by atoms with E-state index < -0.39 is 10.0 Å². The fourth-order valence-corrected chi connectivity index (χ4v) is 2.79. The van der Waals surface area contributed by atoms with E-state index in [0.29, 0.717) is 38.5 Å². The van der Waals surface area contributed by atoms with Crippen molar-refractivity contribution in [1.82, 2.24) is 4.72 Å². The zero-order chi connectivity index (χ0) is 14.8. The van der Waals surface area contributed by atoms with Crippen molar-refractivity contribution < 1.29 is 22.6 Å². The predicted molar refractivity (Wildman–Crippen MR) is 75.5 cm³/mol. The van der Waals surface area contributed by atoms with E-state index in [-0.39, 0.29) is 4.90 Å². The van der Waals surface area contributed by atoms with Crippen molar-refractivity contribution in [2.24, 2.45) is 0 Å². The molecule has 0 atom stereocenters. The summed E-state index contributed by atoms with van der Waals surface area (Å²) in [6.07, 6.45) is 0.595. The van der Waals surface area contributed by atoms with E-state index >= 15 is 0 Å². The molecule has 0 aliphatic rings. The largest absolute Gasteiger partial charge is 0.495 e. The Morgan fingerprint density at radius 3 is 2.55 bits per heavy atom. The molecule has 1 aromatic carbocycles. The molecule has 114 valence electrons. The van der Waals surface area contributed by atoms with Crippen molar-refractivity contribution in [3.8, 4) is 5.75 Å². The molecule has 0 aromatic heterocycles. The van der Waals surface area contributed by atoms with Gasteiger partial charge in [0.15, 0.2) is 0 Å². The molecule has 0 spiro atoms. The minimum atomic E-state index is -3.56. The van der Waals surface area contributed by atoms with Crippen LogP contribution in [-0.4, -0.2) is 49.0 Å². The molecule has 7 heteroatoms. The van der Waals surface area contributed by atoms with Gasteiger partial charge in [0.05, 0.1) is 20.3 Å². The summed E-state index contributed by atoms with van der Waals surface area (Å²) in [7, 11) is -0.511. The molecule has 1 rings (SSSR count). The summed E-state index contributed by atoms with van der Waals surface area (Å²) in [5.74, 6) is 0.330. The summed E-state index contributed by atoms with van der Waals surface area (Å²) < 4.78 is 41.8. The maximum Gasteiger partial charge on any atom is 0.244 e. The van der Waals surface area contributed by atoms with E-state index in [2.05, 4.69) is 4.72 Å².